The number of allylic oxidation sites excluding steroid dienone is 1. The molecular weight excluding hydrogens is 256 g/mol. The molecule has 4 nitrogen and oxygen atoms in total. The van der Waals surface area contributed by atoms with Crippen molar-refractivity contribution in [2.24, 2.45) is 5.41 Å². The molecule has 4 heteroatoms. The lowest BCUT2D eigenvalue weighted by Crippen LogP contribution is -2.40. The van der Waals surface area contributed by atoms with Crippen molar-refractivity contribution < 1.29 is 19.1 Å². The highest BCUT2D eigenvalue weighted by Crippen LogP contribution is 2.28. The molecular formula is C16H28O4. The van der Waals surface area contributed by atoms with Crippen LogP contribution in [-0.4, -0.2) is 25.2 Å². The van der Waals surface area contributed by atoms with E-state index < -0.39 is 17.4 Å². The topological polar surface area (TPSA) is 52.6 Å². The summed E-state index contributed by atoms with van der Waals surface area (Å²) < 4.78 is 10.1. The molecule has 0 spiro atoms. The predicted octanol–water partition coefficient (Wildman–Crippen LogP) is 3.65. The molecule has 0 aliphatic carbocycles. The minimum atomic E-state index is -1.29. The summed E-state index contributed by atoms with van der Waals surface area (Å²) in [4.78, 5) is 24.3. The van der Waals surface area contributed by atoms with E-state index >= 15 is 0 Å². The molecule has 0 fully saturated rings. The first kappa shape index (κ1) is 18.7. The van der Waals surface area contributed by atoms with Gasteiger partial charge in [-0.05, 0) is 33.1 Å². The van der Waals surface area contributed by atoms with Crippen LogP contribution in [0.4, 0.5) is 0 Å². The average molecular weight is 284 g/mol. The molecule has 0 saturated heterocycles. The Kier molecular flexibility index (Phi) is 9.77. The molecule has 0 bridgehead atoms. The van der Waals surface area contributed by atoms with Crippen LogP contribution in [-0.2, 0) is 19.1 Å². The van der Waals surface area contributed by atoms with Crippen molar-refractivity contribution in [1.82, 2.24) is 0 Å². The molecule has 0 saturated carbocycles. The third-order valence-electron chi connectivity index (χ3n) is 3.21. The highest BCUT2D eigenvalue weighted by molar-refractivity contribution is 6.02. The molecule has 0 aliphatic rings. The van der Waals surface area contributed by atoms with E-state index in [0.29, 0.717) is 6.42 Å². The molecule has 0 atom stereocenters. The van der Waals surface area contributed by atoms with E-state index in [4.69, 9.17) is 9.47 Å². The second kappa shape index (κ2) is 10.5. The Bertz CT molecular complexity index is 302. The summed E-state index contributed by atoms with van der Waals surface area (Å²) in [5.41, 5.74) is -1.29. The van der Waals surface area contributed by atoms with Gasteiger partial charge in [0.15, 0.2) is 5.41 Å². The number of hydrogen-bond donors (Lipinski definition) is 0. The molecule has 0 amide bonds. The van der Waals surface area contributed by atoms with E-state index in [-0.39, 0.29) is 13.2 Å². The molecule has 0 heterocycles. The summed E-state index contributed by atoms with van der Waals surface area (Å²) in [7, 11) is 0. The summed E-state index contributed by atoms with van der Waals surface area (Å²) in [6.45, 7) is 7.90. The fourth-order valence-electron chi connectivity index (χ4n) is 1.94. The number of carbonyl (C=O) groups is 2. The maximum absolute atomic E-state index is 12.2. The van der Waals surface area contributed by atoms with Crippen molar-refractivity contribution in [3.8, 4) is 0 Å². The van der Waals surface area contributed by atoms with Gasteiger partial charge in [-0.1, -0.05) is 38.8 Å². The van der Waals surface area contributed by atoms with Gasteiger partial charge in [0.05, 0.1) is 13.2 Å². The largest absolute Gasteiger partial charge is 0.465 e. The van der Waals surface area contributed by atoms with Crippen LogP contribution in [0, 0.1) is 5.41 Å². The van der Waals surface area contributed by atoms with Gasteiger partial charge in [-0.15, -0.1) is 0 Å². The van der Waals surface area contributed by atoms with Crippen LogP contribution in [0.3, 0.4) is 0 Å². The molecule has 0 aromatic heterocycles. The first-order valence-electron chi connectivity index (χ1n) is 7.61. The van der Waals surface area contributed by atoms with Crippen molar-refractivity contribution in [2.75, 3.05) is 13.2 Å². The van der Waals surface area contributed by atoms with E-state index in [1.54, 1.807) is 26.8 Å². The Hall–Kier alpha value is -1.32. The van der Waals surface area contributed by atoms with Gasteiger partial charge in [0.25, 0.3) is 0 Å². The van der Waals surface area contributed by atoms with Crippen molar-refractivity contribution >= 4 is 11.9 Å². The van der Waals surface area contributed by atoms with Crippen LogP contribution in [0.2, 0.25) is 0 Å². The maximum Gasteiger partial charge on any atom is 0.327 e. The standard InChI is InChI=1S/C16H28O4/c1-5-9-10-11-12-13-16(6-2,14(17)19-7-3)15(18)20-8-4/h12-13H,5-11H2,1-4H3/b13-12-. The molecule has 0 aromatic rings. The smallest absolute Gasteiger partial charge is 0.327 e. The van der Waals surface area contributed by atoms with E-state index in [1.165, 1.54) is 0 Å². The average Bonchev–Trinajstić information content (AvgIpc) is 2.43. The molecule has 0 rings (SSSR count). The van der Waals surface area contributed by atoms with Gasteiger partial charge < -0.3 is 9.47 Å². The highest BCUT2D eigenvalue weighted by Gasteiger charge is 2.44. The summed E-state index contributed by atoms with van der Waals surface area (Å²) in [5, 5.41) is 0. The second-order valence-electron chi connectivity index (χ2n) is 4.66. The van der Waals surface area contributed by atoms with Crippen molar-refractivity contribution in [3.63, 3.8) is 0 Å². The van der Waals surface area contributed by atoms with Gasteiger partial charge in [0, 0.05) is 0 Å². The zero-order valence-corrected chi connectivity index (χ0v) is 13.2. The molecule has 20 heavy (non-hydrogen) atoms. The van der Waals surface area contributed by atoms with Crippen molar-refractivity contribution in [1.29, 1.82) is 0 Å². The third-order valence-corrected chi connectivity index (χ3v) is 3.21. The minimum Gasteiger partial charge on any atom is -0.465 e. The molecule has 0 aromatic carbocycles. The normalized spacial score (nSPS) is 11.6. The van der Waals surface area contributed by atoms with Gasteiger partial charge in [0.2, 0.25) is 0 Å². The Morgan fingerprint density at radius 1 is 0.950 bits per heavy atom. The van der Waals surface area contributed by atoms with Gasteiger partial charge in [-0.3, -0.25) is 9.59 Å². The van der Waals surface area contributed by atoms with E-state index in [9.17, 15) is 9.59 Å². The number of rotatable bonds is 10. The van der Waals surface area contributed by atoms with Crippen LogP contribution >= 0.6 is 0 Å². The van der Waals surface area contributed by atoms with Crippen molar-refractivity contribution in [2.45, 2.75) is 59.8 Å². The predicted molar refractivity (Wildman–Crippen MR) is 79.3 cm³/mol. The fourth-order valence-corrected chi connectivity index (χ4v) is 1.94. The SMILES string of the molecule is CCCCC/C=C\C(CC)(C(=O)OCC)C(=O)OCC. The molecule has 0 unspecified atom stereocenters. The Morgan fingerprint density at radius 2 is 1.50 bits per heavy atom. The molecule has 0 radical (unpaired) electrons. The molecule has 0 aliphatic heterocycles. The van der Waals surface area contributed by atoms with Crippen LogP contribution < -0.4 is 0 Å². The van der Waals surface area contributed by atoms with Gasteiger partial charge in [-0.25, -0.2) is 0 Å². The van der Waals surface area contributed by atoms with Gasteiger partial charge in [0.1, 0.15) is 0 Å². The van der Waals surface area contributed by atoms with Crippen LogP contribution in [0.5, 0.6) is 0 Å². The number of ether oxygens (including phenoxy) is 2. The minimum absolute atomic E-state index is 0.254. The monoisotopic (exact) mass is 284 g/mol. The lowest BCUT2D eigenvalue weighted by molar-refractivity contribution is -0.168. The van der Waals surface area contributed by atoms with Gasteiger partial charge >= 0.3 is 11.9 Å². The third kappa shape index (κ3) is 5.35. The quantitative estimate of drug-likeness (QED) is 0.266. The van der Waals surface area contributed by atoms with Crippen molar-refractivity contribution in [3.05, 3.63) is 12.2 Å². The summed E-state index contributed by atoms with van der Waals surface area (Å²) in [6.07, 6.45) is 8.10. The fraction of sp³-hybridized carbons (Fsp3) is 0.750. The number of esters is 2. The van der Waals surface area contributed by atoms with E-state index in [2.05, 4.69) is 6.92 Å². The maximum atomic E-state index is 12.2. The van der Waals surface area contributed by atoms with Crippen LogP contribution in [0.15, 0.2) is 12.2 Å². The second-order valence-corrected chi connectivity index (χ2v) is 4.66. The zero-order valence-electron chi connectivity index (χ0n) is 13.2. The van der Waals surface area contributed by atoms with E-state index in [0.717, 1.165) is 25.7 Å². The first-order chi connectivity index (χ1) is 9.58. The Balaban J connectivity index is 5.00. The Morgan fingerprint density at radius 3 is 1.90 bits per heavy atom. The highest BCUT2D eigenvalue weighted by atomic mass is 16.6. The summed E-state index contributed by atoms with van der Waals surface area (Å²) >= 11 is 0. The zero-order chi connectivity index (χ0) is 15.4. The molecule has 116 valence electrons. The van der Waals surface area contributed by atoms with E-state index in [1.807, 2.05) is 6.08 Å². The number of hydrogen-bond acceptors (Lipinski definition) is 4. The summed E-state index contributed by atoms with van der Waals surface area (Å²) in [5.74, 6) is -1.04. The molecule has 0 N–H and O–H groups in total. The number of carbonyl (C=O) groups excluding carboxylic acids is 2. The summed E-state index contributed by atoms with van der Waals surface area (Å²) in [6, 6.07) is 0. The number of unbranched alkanes of at least 4 members (excludes halogenated alkanes) is 3. The first-order valence-corrected chi connectivity index (χ1v) is 7.61. The lowest BCUT2D eigenvalue weighted by Gasteiger charge is -2.24. The van der Waals surface area contributed by atoms with Crippen LogP contribution in [0.25, 0.3) is 0 Å². The lowest BCUT2D eigenvalue weighted by atomic mass is 9.84. The Labute approximate surface area is 122 Å². The van der Waals surface area contributed by atoms with Gasteiger partial charge in [-0.2, -0.15) is 0 Å². The van der Waals surface area contributed by atoms with Crippen LogP contribution in [0.1, 0.15) is 59.8 Å².